The molecule has 0 amide bonds. The average Bonchev–Trinajstić information content (AvgIpc) is 2.83. The molecule has 0 radical (unpaired) electrons. The number of benzene rings is 1. The van der Waals surface area contributed by atoms with Crippen molar-refractivity contribution in [2.75, 3.05) is 0 Å². The van der Waals surface area contributed by atoms with E-state index in [0.717, 1.165) is 23.8 Å². The summed E-state index contributed by atoms with van der Waals surface area (Å²) in [5.41, 5.74) is 7.70. The van der Waals surface area contributed by atoms with E-state index in [9.17, 15) is 0 Å². The van der Waals surface area contributed by atoms with Crippen LogP contribution in [-0.2, 0) is 5.54 Å². The molecule has 2 aromatic rings. The van der Waals surface area contributed by atoms with Crippen LogP contribution in [0.15, 0.2) is 22.7 Å². The van der Waals surface area contributed by atoms with E-state index in [1.54, 1.807) is 0 Å². The van der Waals surface area contributed by atoms with Crippen LogP contribution in [0.4, 0.5) is 0 Å². The second kappa shape index (κ2) is 2.49. The van der Waals surface area contributed by atoms with Crippen molar-refractivity contribution in [1.29, 1.82) is 0 Å². The molecule has 1 aliphatic rings. The molecule has 0 atom stereocenters. The van der Waals surface area contributed by atoms with Gasteiger partial charge in [0.05, 0.1) is 5.39 Å². The number of nitrogens with two attached hydrogens (primary N) is 1. The predicted octanol–water partition coefficient (Wildman–Crippen LogP) is 2.43. The second-order valence-corrected chi connectivity index (χ2v) is 4.17. The summed E-state index contributed by atoms with van der Waals surface area (Å²) in [6, 6.07) is 5.77. The Labute approximate surface area is 85.8 Å². The quantitative estimate of drug-likeness (QED) is 0.783. The Bertz CT molecular complexity index is 502. The molecule has 1 saturated carbocycles. The van der Waals surface area contributed by atoms with Crippen LogP contribution >= 0.6 is 11.6 Å². The van der Waals surface area contributed by atoms with Crippen LogP contribution in [0.5, 0.6) is 0 Å². The molecular weight excluding hydrogens is 200 g/mol. The SMILES string of the molecule is NC1(c2cccc3onc(Cl)c23)CC1. The van der Waals surface area contributed by atoms with Crippen LogP contribution < -0.4 is 5.73 Å². The van der Waals surface area contributed by atoms with E-state index in [1.165, 1.54) is 0 Å². The lowest BCUT2D eigenvalue weighted by Gasteiger charge is -2.09. The Morgan fingerprint density at radius 1 is 1.43 bits per heavy atom. The van der Waals surface area contributed by atoms with Gasteiger partial charge in [0.2, 0.25) is 0 Å². The first-order valence-electron chi connectivity index (χ1n) is 4.54. The smallest absolute Gasteiger partial charge is 0.180 e. The van der Waals surface area contributed by atoms with Gasteiger partial charge in [-0.2, -0.15) is 0 Å². The fourth-order valence-electron chi connectivity index (χ4n) is 1.77. The Morgan fingerprint density at radius 2 is 2.21 bits per heavy atom. The third kappa shape index (κ3) is 0.996. The van der Waals surface area contributed by atoms with Crippen LogP contribution in [0.3, 0.4) is 0 Å². The van der Waals surface area contributed by atoms with Crippen molar-refractivity contribution in [3.8, 4) is 0 Å². The van der Waals surface area contributed by atoms with Crippen molar-refractivity contribution in [2.24, 2.45) is 5.73 Å². The molecule has 1 heterocycles. The van der Waals surface area contributed by atoms with Crippen LogP contribution in [0, 0.1) is 0 Å². The molecule has 0 bridgehead atoms. The zero-order valence-corrected chi connectivity index (χ0v) is 8.21. The van der Waals surface area contributed by atoms with E-state index in [1.807, 2.05) is 18.2 Å². The maximum Gasteiger partial charge on any atom is 0.180 e. The Morgan fingerprint density at radius 3 is 2.93 bits per heavy atom. The highest BCUT2D eigenvalue weighted by molar-refractivity contribution is 6.34. The third-order valence-corrected chi connectivity index (χ3v) is 3.04. The number of nitrogens with zero attached hydrogens (tertiary/aromatic N) is 1. The van der Waals surface area contributed by atoms with Gasteiger partial charge in [0.1, 0.15) is 0 Å². The molecule has 1 aliphatic carbocycles. The molecule has 1 fully saturated rings. The Kier molecular flexibility index (Phi) is 1.47. The lowest BCUT2D eigenvalue weighted by molar-refractivity contribution is 0.457. The predicted molar refractivity (Wildman–Crippen MR) is 54.1 cm³/mol. The zero-order chi connectivity index (χ0) is 9.76. The number of aromatic nitrogens is 1. The lowest BCUT2D eigenvalue weighted by atomic mass is 10.0. The fourth-order valence-corrected chi connectivity index (χ4v) is 2.00. The van der Waals surface area contributed by atoms with E-state index in [4.69, 9.17) is 21.9 Å². The molecule has 0 spiro atoms. The van der Waals surface area contributed by atoms with Gasteiger partial charge in [-0.25, -0.2) is 0 Å². The van der Waals surface area contributed by atoms with Crippen LogP contribution in [0.25, 0.3) is 11.0 Å². The molecule has 14 heavy (non-hydrogen) atoms. The van der Waals surface area contributed by atoms with Gasteiger partial charge < -0.3 is 10.3 Å². The molecule has 0 unspecified atom stereocenters. The summed E-state index contributed by atoms with van der Waals surface area (Å²) >= 11 is 5.95. The minimum absolute atomic E-state index is 0.200. The number of hydrogen-bond acceptors (Lipinski definition) is 3. The number of halogens is 1. The van der Waals surface area contributed by atoms with E-state index < -0.39 is 0 Å². The molecular formula is C10H9ClN2O. The molecule has 1 aromatic heterocycles. The maximum atomic E-state index is 6.13. The maximum absolute atomic E-state index is 6.13. The van der Waals surface area contributed by atoms with Gasteiger partial charge in [-0.15, -0.1) is 0 Å². The van der Waals surface area contributed by atoms with Crippen molar-refractivity contribution in [2.45, 2.75) is 18.4 Å². The Hall–Kier alpha value is -1.06. The van der Waals surface area contributed by atoms with Crippen LogP contribution in [0.1, 0.15) is 18.4 Å². The van der Waals surface area contributed by atoms with E-state index in [0.29, 0.717) is 10.7 Å². The minimum Gasteiger partial charge on any atom is -0.355 e. The van der Waals surface area contributed by atoms with Gasteiger partial charge in [0, 0.05) is 5.54 Å². The van der Waals surface area contributed by atoms with Crippen molar-refractivity contribution >= 4 is 22.6 Å². The summed E-state index contributed by atoms with van der Waals surface area (Å²) < 4.78 is 5.07. The first-order chi connectivity index (χ1) is 6.71. The molecule has 0 aliphatic heterocycles. The van der Waals surface area contributed by atoms with Gasteiger partial charge in [0.25, 0.3) is 0 Å². The van der Waals surface area contributed by atoms with Crippen molar-refractivity contribution in [3.05, 3.63) is 28.9 Å². The molecule has 3 nitrogen and oxygen atoms in total. The molecule has 72 valence electrons. The van der Waals surface area contributed by atoms with Gasteiger partial charge in [-0.1, -0.05) is 28.9 Å². The molecule has 3 rings (SSSR count). The van der Waals surface area contributed by atoms with E-state index in [-0.39, 0.29) is 5.54 Å². The highest BCUT2D eigenvalue weighted by Gasteiger charge is 2.42. The number of rotatable bonds is 1. The normalized spacial score (nSPS) is 18.7. The minimum atomic E-state index is -0.200. The summed E-state index contributed by atoms with van der Waals surface area (Å²) in [7, 11) is 0. The van der Waals surface area contributed by atoms with E-state index >= 15 is 0 Å². The van der Waals surface area contributed by atoms with Crippen LogP contribution in [-0.4, -0.2) is 5.16 Å². The topological polar surface area (TPSA) is 52.0 Å². The molecule has 0 saturated heterocycles. The number of fused-ring (bicyclic) bond motifs is 1. The summed E-state index contributed by atoms with van der Waals surface area (Å²) in [5.74, 6) is 0. The van der Waals surface area contributed by atoms with Gasteiger partial charge in [0.15, 0.2) is 10.7 Å². The summed E-state index contributed by atoms with van der Waals surface area (Å²) in [6.07, 6.45) is 2.02. The molecule has 1 aromatic carbocycles. The fraction of sp³-hybridized carbons (Fsp3) is 0.300. The highest BCUT2D eigenvalue weighted by atomic mass is 35.5. The summed E-state index contributed by atoms with van der Waals surface area (Å²) in [5, 5.41) is 5.01. The standard InChI is InChI=1S/C10H9ClN2O/c11-9-8-6(10(12)4-5-10)2-1-3-7(8)14-13-9/h1-3H,4-5,12H2. The van der Waals surface area contributed by atoms with Crippen LogP contribution in [0.2, 0.25) is 5.15 Å². The largest absolute Gasteiger partial charge is 0.355 e. The summed E-state index contributed by atoms with van der Waals surface area (Å²) in [6.45, 7) is 0. The zero-order valence-electron chi connectivity index (χ0n) is 7.46. The van der Waals surface area contributed by atoms with Crippen molar-refractivity contribution < 1.29 is 4.52 Å². The third-order valence-electron chi connectivity index (χ3n) is 2.78. The first-order valence-corrected chi connectivity index (χ1v) is 4.92. The second-order valence-electron chi connectivity index (χ2n) is 3.81. The number of hydrogen-bond donors (Lipinski definition) is 1. The van der Waals surface area contributed by atoms with Gasteiger partial charge in [-0.05, 0) is 24.5 Å². The monoisotopic (exact) mass is 208 g/mol. The molecule has 4 heteroatoms. The molecule has 2 N–H and O–H groups in total. The van der Waals surface area contributed by atoms with Gasteiger partial charge in [-0.3, -0.25) is 0 Å². The summed E-state index contributed by atoms with van der Waals surface area (Å²) in [4.78, 5) is 0. The van der Waals surface area contributed by atoms with Gasteiger partial charge >= 0.3 is 0 Å². The van der Waals surface area contributed by atoms with E-state index in [2.05, 4.69) is 5.16 Å². The van der Waals surface area contributed by atoms with Crippen molar-refractivity contribution in [3.63, 3.8) is 0 Å². The Balaban J connectivity index is 2.37. The van der Waals surface area contributed by atoms with Crippen molar-refractivity contribution in [1.82, 2.24) is 5.16 Å². The average molecular weight is 209 g/mol. The lowest BCUT2D eigenvalue weighted by Crippen LogP contribution is -2.18. The first kappa shape index (κ1) is 8.26. The highest BCUT2D eigenvalue weighted by Crippen LogP contribution is 2.46.